The van der Waals surface area contributed by atoms with Gasteiger partial charge in [-0.3, -0.25) is 0 Å². The number of ether oxygens (including phenoxy) is 1. The monoisotopic (exact) mass is 284 g/mol. The minimum atomic E-state index is -0.314. The number of methoxy groups -OCH3 is 1. The topological polar surface area (TPSA) is 62.7 Å². The molecular formula is C16H16N2O3. The zero-order chi connectivity index (χ0) is 14.8. The number of benzene rings is 1. The van der Waals surface area contributed by atoms with Crippen LogP contribution in [0.1, 0.15) is 21.5 Å². The van der Waals surface area contributed by atoms with E-state index in [0.29, 0.717) is 5.56 Å². The molecule has 3 rings (SSSR count). The summed E-state index contributed by atoms with van der Waals surface area (Å²) in [4.78, 5) is 18.2. The molecule has 1 aromatic carbocycles. The van der Waals surface area contributed by atoms with E-state index in [1.807, 2.05) is 18.2 Å². The number of aliphatic hydroxyl groups is 1. The molecule has 1 aliphatic heterocycles. The number of carbonyl (C=O) groups excluding carboxylic acids is 1. The van der Waals surface area contributed by atoms with Crippen molar-refractivity contribution in [3.8, 4) is 0 Å². The molecule has 0 spiro atoms. The first-order valence-corrected chi connectivity index (χ1v) is 6.78. The Hall–Kier alpha value is -2.40. The van der Waals surface area contributed by atoms with Crippen LogP contribution in [0.5, 0.6) is 0 Å². The predicted octanol–water partition coefficient (Wildman–Crippen LogP) is 2.05. The summed E-state index contributed by atoms with van der Waals surface area (Å²) >= 11 is 0. The van der Waals surface area contributed by atoms with E-state index in [2.05, 4.69) is 9.88 Å². The molecule has 0 amide bonds. The number of esters is 1. The van der Waals surface area contributed by atoms with Gasteiger partial charge in [-0.25, -0.2) is 9.78 Å². The number of aliphatic hydroxyl groups excluding tert-OH is 1. The van der Waals surface area contributed by atoms with Crippen LogP contribution in [0.25, 0.3) is 0 Å². The maximum Gasteiger partial charge on any atom is 0.338 e. The molecule has 0 fully saturated rings. The lowest BCUT2D eigenvalue weighted by atomic mass is 10.1. The van der Waals surface area contributed by atoms with Crippen LogP contribution in [0.15, 0.2) is 36.5 Å². The first-order chi connectivity index (χ1) is 10.2. The van der Waals surface area contributed by atoms with Crippen LogP contribution in [0.2, 0.25) is 0 Å². The lowest BCUT2D eigenvalue weighted by Crippen LogP contribution is -2.14. The second kappa shape index (κ2) is 5.54. The molecule has 1 aliphatic rings. The molecule has 0 bridgehead atoms. The van der Waals surface area contributed by atoms with Crippen molar-refractivity contribution in [3.63, 3.8) is 0 Å². The van der Waals surface area contributed by atoms with Crippen molar-refractivity contribution < 1.29 is 14.6 Å². The zero-order valence-corrected chi connectivity index (χ0v) is 11.7. The van der Waals surface area contributed by atoms with Gasteiger partial charge >= 0.3 is 5.97 Å². The third-order valence-corrected chi connectivity index (χ3v) is 3.70. The molecule has 0 aliphatic carbocycles. The van der Waals surface area contributed by atoms with Gasteiger partial charge in [-0.15, -0.1) is 0 Å². The summed E-state index contributed by atoms with van der Waals surface area (Å²) in [6.07, 6.45) is 2.45. The van der Waals surface area contributed by atoms with Crippen molar-refractivity contribution >= 4 is 17.5 Å². The highest BCUT2D eigenvalue weighted by atomic mass is 16.5. The molecule has 5 heteroatoms. The van der Waals surface area contributed by atoms with E-state index in [1.54, 1.807) is 18.3 Å². The second-order valence-corrected chi connectivity index (χ2v) is 4.88. The molecule has 0 atom stereocenters. The van der Waals surface area contributed by atoms with Gasteiger partial charge in [-0.05, 0) is 41.8 Å². The zero-order valence-electron chi connectivity index (χ0n) is 11.7. The Kier molecular flexibility index (Phi) is 3.58. The Morgan fingerprint density at radius 2 is 2.29 bits per heavy atom. The number of fused-ring (bicyclic) bond motifs is 1. The Bertz CT molecular complexity index is 685. The van der Waals surface area contributed by atoms with Crippen LogP contribution in [0.3, 0.4) is 0 Å². The van der Waals surface area contributed by atoms with Crippen LogP contribution in [0.4, 0.5) is 11.5 Å². The Balaban J connectivity index is 2.02. The van der Waals surface area contributed by atoms with E-state index in [9.17, 15) is 9.90 Å². The number of carbonyl (C=O) groups is 1. The minimum Gasteiger partial charge on any atom is -0.465 e. The summed E-state index contributed by atoms with van der Waals surface area (Å²) in [5.74, 6) is 0.466. The number of hydrogen-bond donors (Lipinski definition) is 1. The fourth-order valence-corrected chi connectivity index (χ4v) is 2.68. The van der Waals surface area contributed by atoms with Crippen molar-refractivity contribution in [1.29, 1.82) is 0 Å². The maximum atomic E-state index is 11.8. The van der Waals surface area contributed by atoms with Crippen LogP contribution in [-0.4, -0.2) is 29.7 Å². The molecule has 0 unspecified atom stereocenters. The van der Waals surface area contributed by atoms with Gasteiger partial charge in [0.2, 0.25) is 0 Å². The molecular weight excluding hydrogens is 268 g/mol. The van der Waals surface area contributed by atoms with E-state index in [4.69, 9.17) is 4.74 Å². The molecule has 1 aromatic heterocycles. The summed E-state index contributed by atoms with van der Waals surface area (Å²) < 4.78 is 4.83. The molecule has 2 heterocycles. The fourth-order valence-electron chi connectivity index (χ4n) is 2.68. The van der Waals surface area contributed by atoms with Crippen molar-refractivity contribution in [1.82, 2.24) is 4.98 Å². The van der Waals surface area contributed by atoms with Gasteiger partial charge in [0.25, 0.3) is 0 Å². The van der Waals surface area contributed by atoms with Gasteiger partial charge in [0.1, 0.15) is 5.82 Å². The van der Waals surface area contributed by atoms with E-state index in [1.165, 1.54) is 7.11 Å². The van der Waals surface area contributed by atoms with Gasteiger partial charge in [-0.2, -0.15) is 0 Å². The molecule has 0 saturated heterocycles. The number of rotatable bonds is 3. The molecule has 21 heavy (non-hydrogen) atoms. The highest BCUT2D eigenvalue weighted by Crippen LogP contribution is 2.35. The second-order valence-electron chi connectivity index (χ2n) is 4.88. The molecule has 108 valence electrons. The van der Waals surface area contributed by atoms with Crippen molar-refractivity contribution in [2.45, 2.75) is 13.0 Å². The van der Waals surface area contributed by atoms with Gasteiger partial charge in [0.05, 0.1) is 19.3 Å². The Morgan fingerprint density at radius 1 is 1.43 bits per heavy atom. The normalized spacial score (nSPS) is 13.1. The Labute approximate surface area is 122 Å². The summed E-state index contributed by atoms with van der Waals surface area (Å²) in [6, 6.07) is 9.25. The van der Waals surface area contributed by atoms with E-state index < -0.39 is 0 Å². The summed E-state index contributed by atoms with van der Waals surface area (Å²) in [7, 11) is 1.39. The molecule has 0 radical (unpaired) electrons. The van der Waals surface area contributed by atoms with Gasteiger partial charge in [0.15, 0.2) is 0 Å². The van der Waals surface area contributed by atoms with E-state index in [-0.39, 0.29) is 12.6 Å². The standard InChI is InChI=1S/C16H16N2O3/c1-21-16(20)13-3-2-4-14-12(13)6-8-18(14)15-9-11(10-19)5-7-17-15/h2-5,7,9,19H,6,8,10H2,1H3. The minimum absolute atomic E-state index is 0.0155. The van der Waals surface area contributed by atoms with Crippen molar-refractivity contribution in [3.05, 3.63) is 53.2 Å². The number of hydrogen-bond acceptors (Lipinski definition) is 5. The lowest BCUT2D eigenvalue weighted by molar-refractivity contribution is 0.0599. The van der Waals surface area contributed by atoms with Crippen molar-refractivity contribution in [2.75, 3.05) is 18.6 Å². The number of anilines is 2. The highest BCUT2D eigenvalue weighted by Gasteiger charge is 2.26. The summed E-state index contributed by atoms with van der Waals surface area (Å²) in [6.45, 7) is 0.740. The van der Waals surface area contributed by atoms with Gasteiger partial charge in [-0.1, -0.05) is 6.07 Å². The highest BCUT2D eigenvalue weighted by molar-refractivity contribution is 5.94. The van der Waals surface area contributed by atoms with Crippen LogP contribution in [-0.2, 0) is 17.8 Å². The number of pyridine rings is 1. The molecule has 0 saturated carbocycles. The maximum absolute atomic E-state index is 11.8. The largest absolute Gasteiger partial charge is 0.465 e. The van der Waals surface area contributed by atoms with E-state index >= 15 is 0 Å². The quantitative estimate of drug-likeness (QED) is 0.874. The third-order valence-electron chi connectivity index (χ3n) is 3.70. The predicted molar refractivity (Wildman–Crippen MR) is 78.7 cm³/mol. The van der Waals surface area contributed by atoms with Gasteiger partial charge in [0, 0.05) is 18.4 Å². The Morgan fingerprint density at radius 3 is 3.05 bits per heavy atom. The first kappa shape index (κ1) is 13.6. The third kappa shape index (κ3) is 2.36. The fraction of sp³-hybridized carbons (Fsp3) is 0.250. The SMILES string of the molecule is COC(=O)c1cccc2c1CCN2c1cc(CO)ccn1. The number of aromatic nitrogens is 1. The van der Waals surface area contributed by atoms with Crippen LogP contribution >= 0.6 is 0 Å². The molecule has 5 nitrogen and oxygen atoms in total. The summed E-state index contributed by atoms with van der Waals surface area (Å²) in [5.41, 5.74) is 3.38. The van der Waals surface area contributed by atoms with Crippen LogP contribution < -0.4 is 4.90 Å². The average Bonchev–Trinajstić information content (AvgIpc) is 2.98. The lowest BCUT2D eigenvalue weighted by Gasteiger charge is -2.19. The van der Waals surface area contributed by atoms with Crippen LogP contribution in [0, 0.1) is 0 Å². The first-order valence-electron chi connectivity index (χ1n) is 6.78. The smallest absolute Gasteiger partial charge is 0.338 e. The summed E-state index contributed by atoms with van der Waals surface area (Å²) in [5, 5.41) is 9.24. The van der Waals surface area contributed by atoms with Crippen molar-refractivity contribution in [2.24, 2.45) is 0 Å². The van der Waals surface area contributed by atoms with E-state index in [0.717, 1.165) is 35.6 Å². The molecule has 2 aromatic rings. The number of nitrogens with zero attached hydrogens (tertiary/aromatic N) is 2. The average molecular weight is 284 g/mol. The molecule has 1 N–H and O–H groups in total. The van der Waals surface area contributed by atoms with Gasteiger partial charge < -0.3 is 14.7 Å².